The molecule has 0 bridgehead atoms. The Morgan fingerprint density at radius 3 is 2.20 bits per heavy atom. The number of benzene rings is 3. The van der Waals surface area contributed by atoms with E-state index in [2.05, 4.69) is 60.7 Å². The van der Waals surface area contributed by atoms with Crippen molar-refractivity contribution in [1.29, 1.82) is 0 Å². The lowest BCUT2D eigenvalue weighted by atomic mass is 9.90. The zero-order valence-corrected chi connectivity index (χ0v) is 14.3. The molecular formula is C23H21O2. The summed E-state index contributed by atoms with van der Waals surface area (Å²) in [5.74, 6) is 1.03. The van der Waals surface area contributed by atoms with Gasteiger partial charge in [-0.15, -0.1) is 0 Å². The molecule has 0 saturated heterocycles. The van der Waals surface area contributed by atoms with Gasteiger partial charge >= 0.3 is 0 Å². The van der Waals surface area contributed by atoms with E-state index in [1.54, 1.807) is 0 Å². The van der Waals surface area contributed by atoms with E-state index in [1.165, 1.54) is 22.3 Å². The third-order valence-corrected chi connectivity index (χ3v) is 4.80. The Morgan fingerprint density at radius 1 is 0.920 bits per heavy atom. The van der Waals surface area contributed by atoms with Crippen LogP contribution in [0.2, 0.25) is 0 Å². The Morgan fingerprint density at radius 2 is 1.56 bits per heavy atom. The molecule has 4 rings (SSSR count). The molecular weight excluding hydrogens is 308 g/mol. The lowest BCUT2D eigenvalue weighted by Gasteiger charge is -2.16. The standard InChI is InChI=1S/C23H21O2/c1-16(15-24)25-18-8-6-7-17(13-18)14-23-21-11-4-2-9-19(21)20-10-3-5-12-22(20)23/h2-12,16,23-24H,14-15H2,1H3/t16-/m1/s1. The second kappa shape index (κ2) is 6.73. The number of hydrogen-bond donors (Lipinski definition) is 1. The van der Waals surface area contributed by atoms with Gasteiger partial charge in [-0.2, -0.15) is 0 Å². The molecule has 0 unspecified atom stereocenters. The van der Waals surface area contributed by atoms with Crippen molar-refractivity contribution in [2.24, 2.45) is 0 Å². The fraction of sp³-hybridized carbons (Fsp3) is 0.217. The zero-order chi connectivity index (χ0) is 17.2. The first-order chi connectivity index (χ1) is 12.3. The van der Waals surface area contributed by atoms with E-state index in [1.807, 2.05) is 19.1 Å². The van der Waals surface area contributed by atoms with Crippen molar-refractivity contribution in [2.75, 3.05) is 6.61 Å². The largest absolute Gasteiger partial charge is 0.488 e. The van der Waals surface area contributed by atoms with Crippen LogP contribution in [0.3, 0.4) is 0 Å². The van der Waals surface area contributed by atoms with Gasteiger partial charge in [-0.3, -0.25) is 0 Å². The summed E-state index contributed by atoms with van der Waals surface area (Å²) >= 11 is 0. The summed E-state index contributed by atoms with van der Waals surface area (Å²) in [6, 6.07) is 26.7. The van der Waals surface area contributed by atoms with Gasteiger partial charge in [0.25, 0.3) is 0 Å². The van der Waals surface area contributed by atoms with E-state index < -0.39 is 0 Å². The molecule has 25 heavy (non-hydrogen) atoms. The molecule has 0 saturated carbocycles. The number of aliphatic hydroxyl groups excluding tert-OH is 1. The monoisotopic (exact) mass is 329 g/mol. The number of rotatable bonds is 5. The minimum Gasteiger partial charge on any atom is -0.488 e. The second-order valence-corrected chi connectivity index (χ2v) is 6.58. The molecule has 2 nitrogen and oxygen atoms in total. The number of ether oxygens (including phenoxy) is 1. The van der Waals surface area contributed by atoms with Crippen molar-refractivity contribution in [2.45, 2.75) is 25.4 Å². The van der Waals surface area contributed by atoms with Crippen LogP contribution in [0.15, 0.2) is 66.7 Å². The molecule has 1 radical (unpaired) electrons. The van der Waals surface area contributed by atoms with Gasteiger partial charge in [0.1, 0.15) is 11.9 Å². The van der Waals surface area contributed by atoms with Gasteiger partial charge in [0.05, 0.1) is 6.61 Å². The van der Waals surface area contributed by atoms with E-state index >= 15 is 0 Å². The lowest BCUT2D eigenvalue weighted by Crippen LogP contribution is -2.16. The molecule has 1 aliphatic carbocycles. The van der Waals surface area contributed by atoms with Gasteiger partial charge in [0.15, 0.2) is 0 Å². The Balaban J connectivity index is 1.66. The summed E-state index contributed by atoms with van der Waals surface area (Å²) in [4.78, 5) is 0. The third-order valence-electron chi connectivity index (χ3n) is 4.80. The quantitative estimate of drug-likeness (QED) is 0.741. The van der Waals surface area contributed by atoms with Crippen molar-refractivity contribution in [3.05, 3.63) is 89.5 Å². The van der Waals surface area contributed by atoms with E-state index in [0.717, 1.165) is 12.0 Å². The summed E-state index contributed by atoms with van der Waals surface area (Å²) in [6.45, 7) is 1.85. The van der Waals surface area contributed by atoms with Crippen LogP contribution >= 0.6 is 0 Å². The highest BCUT2D eigenvalue weighted by Crippen LogP contribution is 2.45. The van der Waals surface area contributed by atoms with Crippen LogP contribution in [0, 0.1) is 6.07 Å². The van der Waals surface area contributed by atoms with Crippen LogP contribution in [-0.4, -0.2) is 17.8 Å². The molecule has 0 aliphatic heterocycles. The van der Waals surface area contributed by atoms with E-state index in [-0.39, 0.29) is 12.7 Å². The molecule has 0 fully saturated rings. The molecule has 3 aromatic carbocycles. The van der Waals surface area contributed by atoms with Crippen LogP contribution in [-0.2, 0) is 6.42 Å². The van der Waals surface area contributed by atoms with Gasteiger partial charge < -0.3 is 9.84 Å². The van der Waals surface area contributed by atoms with Crippen molar-refractivity contribution in [1.82, 2.24) is 0 Å². The number of fused-ring (bicyclic) bond motifs is 3. The average molecular weight is 329 g/mol. The van der Waals surface area contributed by atoms with Crippen LogP contribution in [0.25, 0.3) is 11.1 Å². The minimum absolute atomic E-state index is 0.00143. The highest BCUT2D eigenvalue weighted by Gasteiger charge is 2.28. The Kier molecular flexibility index (Phi) is 4.29. The van der Waals surface area contributed by atoms with Gasteiger partial charge in [-0.25, -0.2) is 0 Å². The first kappa shape index (κ1) is 15.9. The van der Waals surface area contributed by atoms with Gasteiger partial charge in [0, 0.05) is 12.0 Å². The molecule has 2 heteroatoms. The predicted octanol–water partition coefficient (Wildman–Crippen LogP) is 4.60. The van der Waals surface area contributed by atoms with Gasteiger partial charge in [-0.05, 0) is 47.2 Å². The Bertz CT molecular complexity index is 839. The Hall–Kier alpha value is -2.58. The number of hydrogen-bond acceptors (Lipinski definition) is 2. The maximum atomic E-state index is 9.17. The van der Waals surface area contributed by atoms with Crippen molar-refractivity contribution in [3.8, 4) is 16.9 Å². The van der Waals surface area contributed by atoms with Crippen molar-refractivity contribution >= 4 is 0 Å². The normalized spacial score (nSPS) is 14.0. The molecule has 3 aromatic rings. The predicted molar refractivity (Wildman–Crippen MR) is 99.9 cm³/mol. The SMILES string of the molecule is C[C@H](CO)Oc1[c]c(CC2c3ccccc3-c3ccccc32)ccc1. The van der Waals surface area contributed by atoms with E-state index in [0.29, 0.717) is 11.7 Å². The van der Waals surface area contributed by atoms with Crippen molar-refractivity contribution < 1.29 is 9.84 Å². The molecule has 0 heterocycles. The summed E-state index contributed by atoms with van der Waals surface area (Å²) in [6.07, 6.45) is 0.665. The first-order valence-corrected chi connectivity index (χ1v) is 8.73. The molecule has 1 aliphatic rings. The van der Waals surface area contributed by atoms with E-state index in [9.17, 15) is 5.11 Å². The molecule has 1 N–H and O–H groups in total. The molecule has 125 valence electrons. The highest BCUT2D eigenvalue weighted by molar-refractivity contribution is 5.78. The topological polar surface area (TPSA) is 29.5 Å². The minimum atomic E-state index is -0.223. The van der Waals surface area contributed by atoms with Crippen LogP contribution in [0.4, 0.5) is 0 Å². The summed E-state index contributed by atoms with van der Waals surface area (Å²) in [5, 5.41) is 9.17. The van der Waals surface area contributed by atoms with Crippen LogP contribution < -0.4 is 4.74 Å². The summed E-state index contributed by atoms with van der Waals surface area (Å²) in [5.41, 5.74) is 6.56. The first-order valence-electron chi connectivity index (χ1n) is 8.73. The maximum Gasteiger partial charge on any atom is 0.128 e. The Labute approximate surface area is 148 Å². The zero-order valence-electron chi connectivity index (χ0n) is 14.3. The average Bonchev–Trinajstić information content (AvgIpc) is 2.96. The fourth-order valence-corrected chi connectivity index (χ4v) is 3.63. The summed E-state index contributed by atoms with van der Waals surface area (Å²) < 4.78 is 5.70. The fourth-order valence-electron chi connectivity index (χ4n) is 3.63. The molecule has 0 spiro atoms. The third kappa shape index (κ3) is 3.06. The van der Waals surface area contributed by atoms with Crippen LogP contribution in [0.5, 0.6) is 5.75 Å². The molecule has 1 atom stereocenters. The van der Waals surface area contributed by atoms with Crippen molar-refractivity contribution in [3.63, 3.8) is 0 Å². The number of aliphatic hydroxyl groups is 1. The molecule has 0 aromatic heterocycles. The highest BCUT2D eigenvalue weighted by atomic mass is 16.5. The molecule has 0 amide bonds. The smallest absolute Gasteiger partial charge is 0.128 e. The van der Waals surface area contributed by atoms with Crippen LogP contribution in [0.1, 0.15) is 29.5 Å². The summed E-state index contributed by atoms with van der Waals surface area (Å²) in [7, 11) is 0. The van der Waals surface area contributed by atoms with Gasteiger partial charge in [-0.1, -0.05) is 60.7 Å². The van der Waals surface area contributed by atoms with Gasteiger partial charge in [0.2, 0.25) is 0 Å². The van der Waals surface area contributed by atoms with E-state index in [4.69, 9.17) is 4.74 Å². The second-order valence-electron chi connectivity index (χ2n) is 6.58. The maximum absolute atomic E-state index is 9.17. The lowest BCUT2D eigenvalue weighted by molar-refractivity contribution is 0.129.